The molecule has 1 unspecified atom stereocenters. The first-order valence-corrected chi connectivity index (χ1v) is 6.96. The number of carbonyl (C=O) groups is 1. The molecule has 1 rings (SSSR count). The van der Waals surface area contributed by atoms with Crippen LogP contribution in [0.25, 0.3) is 0 Å². The molecule has 1 fully saturated rings. The Balaban J connectivity index is 2.53. The van der Waals surface area contributed by atoms with E-state index in [2.05, 4.69) is 31.4 Å². The van der Waals surface area contributed by atoms with E-state index in [0.29, 0.717) is 0 Å². The van der Waals surface area contributed by atoms with E-state index >= 15 is 0 Å². The van der Waals surface area contributed by atoms with Gasteiger partial charge in [0.2, 0.25) is 5.91 Å². The van der Waals surface area contributed by atoms with Crippen LogP contribution in [0.15, 0.2) is 0 Å². The zero-order valence-electron chi connectivity index (χ0n) is 9.93. The Labute approximate surface area is 96.8 Å². The summed E-state index contributed by atoms with van der Waals surface area (Å²) in [6.07, 6.45) is 3.02. The molecule has 15 heavy (non-hydrogen) atoms. The van der Waals surface area contributed by atoms with Crippen LogP contribution in [0.1, 0.15) is 40.0 Å². The maximum atomic E-state index is 12.0. The summed E-state index contributed by atoms with van der Waals surface area (Å²) >= 11 is 1.79. The van der Waals surface area contributed by atoms with Gasteiger partial charge in [-0.3, -0.25) is 10.1 Å². The minimum atomic E-state index is 0.00597. The molecule has 0 bridgehead atoms. The lowest BCUT2D eigenvalue weighted by atomic mass is 9.89. The van der Waals surface area contributed by atoms with Gasteiger partial charge < -0.3 is 5.32 Å². The SMILES string of the molecule is CCC(CC)(CC)NC(=O)C1CSCN1. The van der Waals surface area contributed by atoms with Gasteiger partial charge in [-0.05, 0) is 19.3 Å². The van der Waals surface area contributed by atoms with Gasteiger partial charge in [-0.15, -0.1) is 11.8 Å². The van der Waals surface area contributed by atoms with Gasteiger partial charge in [0.25, 0.3) is 0 Å². The van der Waals surface area contributed by atoms with E-state index in [0.717, 1.165) is 30.9 Å². The predicted molar refractivity (Wildman–Crippen MR) is 66.0 cm³/mol. The van der Waals surface area contributed by atoms with Crippen molar-refractivity contribution in [3.63, 3.8) is 0 Å². The molecule has 0 aliphatic carbocycles. The van der Waals surface area contributed by atoms with E-state index in [-0.39, 0.29) is 17.5 Å². The van der Waals surface area contributed by atoms with Crippen LogP contribution in [0, 0.1) is 0 Å². The van der Waals surface area contributed by atoms with Gasteiger partial charge in [0.15, 0.2) is 0 Å². The van der Waals surface area contributed by atoms with Crippen molar-refractivity contribution >= 4 is 17.7 Å². The quantitative estimate of drug-likeness (QED) is 0.756. The lowest BCUT2D eigenvalue weighted by Gasteiger charge is -2.32. The summed E-state index contributed by atoms with van der Waals surface area (Å²) in [7, 11) is 0. The molecule has 0 aromatic heterocycles. The second kappa shape index (κ2) is 5.75. The highest BCUT2D eigenvalue weighted by molar-refractivity contribution is 7.99. The van der Waals surface area contributed by atoms with Crippen molar-refractivity contribution in [1.82, 2.24) is 10.6 Å². The fourth-order valence-corrected chi connectivity index (χ4v) is 2.87. The number of hydrogen-bond donors (Lipinski definition) is 2. The van der Waals surface area contributed by atoms with Crippen molar-refractivity contribution in [3.8, 4) is 0 Å². The molecule has 0 spiro atoms. The molecule has 0 radical (unpaired) electrons. The molecule has 4 heteroatoms. The molecule has 2 N–H and O–H groups in total. The number of hydrogen-bond acceptors (Lipinski definition) is 3. The topological polar surface area (TPSA) is 41.1 Å². The fraction of sp³-hybridized carbons (Fsp3) is 0.909. The molecule has 1 aliphatic heterocycles. The van der Waals surface area contributed by atoms with Crippen LogP contribution in [0.4, 0.5) is 0 Å². The number of amides is 1. The molecule has 1 heterocycles. The third kappa shape index (κ3) is 3.11. The fourth-order valence-electron chi connectivity index (χ4n) is 1.93. The van der Waals surface area contributed by atoms with E-state index in [4.69, 9.17) is 0 Å². The van der Waals surface area contributed by atoms with Gasteiger partial charge in [-0.1, -0.05) is 20.8 Å². The van der Waals surface area contributed by atoms with Crippen LogP contribution in [0.5, 0.6) is 0 Å². The Morgan fingerprint density at radius 3 is 2.40 bits per heavy atom. The molecule has 0 aromatic rings. The predicted octanol–water partition coefficient (Wildman–Crippen LogP) is 1.73. The number of rotatable bonds is 5. The maximum absolute atomic E-state index is 12.0. The molecular weight excluding hydrogens is 208 g/mol. The Hall–Kier alpha value is -0.220. The second-order valence-corrected chi connectivity index (χ2v) is 5.13. The zero-order chi connectivity index (χ0) is 11.3. The summed E-state index contributed by atoms with van der Waals surface area (Å²) in [5, 5.41) is 6.41. The standard InChI is InChI=1S/C11H22N2OS/c1-4-11(5-2,6-3)13-10(14)9-7-15-8-12-9/h9,12H,4-8H2,1-3H3,(H,13,14). The van der Waals surface area contributed by atoms with Crippen molar-refractivity contribution in [1.29, 1.82) is 0 Å². The molecule has 1 aliphatic rings. The Kier molecular flexibility index (Phi) is 4.93. The Morgan fingerprint density at radius 1 is 1.40 bits per heavy atom. The maximum Gasteiger partial charge on any atom is 0.238 e. The summed E-state index contributed by atoms with van der Waals surface area (Å²) in [5.74, 6) is 1.97. The molecule has 1 amide bonds. The van der Waals surface area contributed by atoms with Crippen molar-refractivity contribution in [2.75, 3.05) is 11.6 Å². The van der Waals surface area contributed by atoms with Crippen LogP contribution in [0.3, 0.4) is 0 Å². The van der Waals surface area contributed by atoms with Gasteiger partial charge in [0.05, 0.1) is 6.04 Å². The van der Waals surface area contributed by atoms with Gasteiger partial charge in [0.1, 0.15) is 0 Å². The van der Waals surface area contributed by atoms with E-state index in [9.17, 15) is 4.79 Å². The average Bonchev–Trinajstić information content (AvgIpc) is 2.79. The molecule has 0 aromatic carbocycles. The average molecular weight is 230 g/mol. The van der Waals surface area contributed by atoms with Crippen LogP contribution < -0.4 is 10.6 Å². The van der Waals surface area contributed by atoms with Gasteiger partial charge in [-0.25, -0.2) is 0 Å². The number of nitrogens with one attached hydrogen (secondary N) is 2. The first-order valence-electron chi connectivity index (χ1n) is 5.80. The van der Waals surface area contributed by atoms with Crippen molar-refractivity contribution in [2.45, 2.75) is 51.6 Å². The largest absolute Gasteiger partial charge is 0.349 e. The van der Waals surface area contributed by atoms with Crippen LogP contribution in [-0.2, 0) is 4.79 Å². The molecule has 88 valence electrons. The molecule has 0 saturated carbocycles. The first kappa shape index (κ1) is 12.8. The lowest BCUT2D eigenvalue weighted by molar-refractivity contribution is -0.124. The van der Waals surface area contributed by atoms with E-state index in [1.165, 1.54) is 0 Å². The Bertz CT molecular complexity index is 202. The summed E-state index contributed by atoms with van der Waals surface area (Å²) < 4.78 is 0. The smallest absolute Gasteiger partial charge is 0.238 e. The van der Waals surface area contributed by atoms with Gasteiger partial charge in [0, 0.05) is 17.2 Å². The van der Waals surface area contributed by atoms with Crippen LogP contribution in [-0.4, -0.2) is 29.1 Å². The minimum Gasteiger partial charge on any atom is -0.349 e. The summed E-state index contributed by atoms with van der Waals surface area (Å²) in [4.78, 5) is 12.0. The van der Waals surface area contributed by atoms with E-state index in [1.807, 2.05) is 0 Å². The summed E-state index contributed by atoms with van der Waals surface area (Å²) in [6, 6.07) is 0.0130. The highest BCUT2D eigenvalue weighted by atomic mass is 32.2. The highest BCUT2D eigenvalue weighted by Crippen LogP contribution is 2.20. The van der Waals surface area contributed by atoms with Crippen molar-refractivity contribution < 1.29 is 4.79 Å². The van der Waals surface area contributed by atoms with E-state index < -0.39 is 0 Å². The lowest BCUT2D eigenvalue weighted by Crippen LogP contribution is -2.53. The number of carbonyl (C=O) groups excluding carboxylic acids is 1. The van der Waals surface area contributed by atoms with Gasteiger partial charge >= 0.3 is 0 Å². The van der Waals surface area contributed by atoms with Gasteiger partial charge in [-0.2, -0.15) is 0 Å². The molecule has 1 atom stereocenters. The number of thioether (sulfide) groups is 1. The van der Waals surface area contributed by atoms with E-state index in [1.54, 1.807) is 11.8 Å². The normalized spacial score (nSPS) is 21.7. The summed E-state index contributed by atoms with van der Waals surface area (Å²) in [6.45, 7) is 6.43. The monoisotopic (exact) mass is 230 g/mol. The molecule has 1 saturated heterocycles. The van der Waals surface area contributed by atoms with Crippen molar-refractivity contribution in [2.24, 2.45) is 0 Å². The third-order valence-electron chi connectivity index (χ3n) is 3.45. The Morgan fingerprint density at radius 2 is 2.00 bits per heavy atom. The van der Waals surface area contributed by atoms with Crippen LogP contribution in [0.2, 0.25) is 0 Å². The van der Waals surface area contributed by atoms with Crippen LogP contribution >= 0.6 is 11.8 Å². The first-order chi connectivity index (χ1) is 7.17. The van der Waals surface area contributed by atoms with Crippen molar-refractivity contribution in [3.05, 3.63) is 0 Å². The minimum absolute atomic E-state index is 0.00597. The third-order valence-corrected chi connectivity index (χ3v) is 4.39. The zero-order valence-corrected chi connectivity index (χ0v) is 10.7. The second-order valence-electron chi connectivity index (χ2n) is 4.10. The highest BCUT2D eigenvalue weighted by Gasteiger charge is 2.30. The summed E-state index contributed by atoms with van der Waals surface area (Å²) in [5.41, 5.74) is 0.00597. The molecular formula is C11H22N2OS. The molecule has 3 nitrogen and oxygen atoms in total.